The van der Waals surface area contributed by atoms with Gasteiger partial charge in [-0.2, -0.15) is 5.10 Å². The van der Waals surface area contributed by atoms with Gasteiger partial charge in [-0.05, 0) is 49.1 Å². The molecule has 4 heterocycles. The lowest BCUT2D eigenvalue weighted by Crippen LogP contribution is -2.49. The Kier molecular flexibility index (Phi) is 4.67. The number of rotatable bonds is 2. The van der Waals surface area contributed by atoms with Crippen LogP contribution in [0.4, 0.5) is 5.95 Å². The van der Waals surface area contributed by atoms with Crippen LogP contribution in [0.2, 0.25) is 5.02 Å². The fourth-order valence-electron chi connectivity index (χ4n) is 4.29. The zero-order valence-electron chi connectivity index (χ0n) is 16.3. The molecule has 0 saturated carbocycles. The van der Waals surface area contributed by atoms with Crippen molar-refractivity contribution < 1.29 is 9.53 Å². The molecule has 0 bridgehead atoms. The molecule has 0 atom stereocenters. The van der Waals surface area contributed by atoms with Crippen LogP contribution in [0.25, 0.3) is 5.69 Å². The number of nitrogens with zero attached hydrogens (tertiary/aromatic N) is 5. The molecule has 2 aliphatic rings. The van der Waals surface area contributed by atoms with E-state index >= 15 is 0 Å². The predicted octanol–water partition coefficient (Wildman–Crippen LogP) is 2.60. The number of carbonyl (C=O) groups is 1. The minimum absolute atomic E-state index is 0.0953. The highest BCUT2D eigenvalue weighted by Gasteiger charge is 2.43. The van der Waals surface area contributed by atoms with E-state index in [-0.39, 0.29) is 11.9 Å². The van der Waals surface area contributed by atoms with Gasteiger partial charge in [-0.25, -0.2) is 14.6 Å². The number of nitrogen functional groups attached to an aromatic ring is 1. The maximum absolute atomic E-state index is 13.2. The summed E-state index contributed by atoms with van der Waals surface area (Å²) in [6, 6.07) is 7.19. The van der Waals surface area contributed by atoms with Gasteiger partial charge >= 0.3 is 0 Å². The molecule has 154 valence electrons. The highest BCUT2D eigenvalue weighted by atomic mass is 35.5. The largest absolute Gasteiger partial charge is 0.368 e. The third-order valence-corrected chi connectivity index (χ3v) is 6.20. The molecule has 5 rings (SSSR count). The predicted molar refractivity (Wildman–Crippen MR) is 111 cm³/mol. The molecule has 2 aromatic heterocycles. The summed E-state index contributed by atoms with van der Waals surface area (Å²) < 4.78 is 7.90. The number of hydrogen-bond acceptors (Lipinski definition) is 6. The first-order chi connectivity index (χ1) is 14.6. The Morgan fingerprint density at radius 3 is 2.87 bits per heavy atom. The monoisotopic (exact) mass is 424 g/mol. The molecule has 1 saturated heterocycles. The van der Waals surface area contributed by atoms with Crippen molar-refractivity contribution in [1.82, 2.24) is 24.6 Å². The van der Waals surface area contributed by atoms with Crippen LogP contribution >= 0.6 is 11.6 Å². The van der Waals surface area contributed by atoms with Crippen molar-refractivity contribution in [2.75, 3.05) is 25.4 Å². The zero-order chi connectivity index (χ0) is 20.7. The van der Waals surface area contributed by atoms with E-state index in [1.165, 1.54) is 0 Å². The lowest BCUT2D eigenvalue weighted by molar-refractivity contribution is -0.0966. The van der Waals surface area contributed by atoms with E-state index in [9.17, 15) is 4.79 Å². The van der Waals surface area contributed by atoms with Crippen LogP contribution in [0, 0.1) is 0 Å². The summed E-state index contributed by atoms with van der Waals surface area (Å²) in [5.41, 5.74) is 8.52. The average molecular weight is 425 g/mol. The maximum Gasteiger partial charge on any atom is 0.255 e. The summed E-state index contributed by atoms with van der Waals surface area (Å²) >= 11 is 6.37. The molecule has 1 spiro atoms. The van der Waals surface area contributed by atoms with Gasteiger partial charge in [0, 0.05) is 31.7 Å². The number of hydrogen-bond donors (Lipinski definition) is 1. The van der Waals surface area contributed by atoms with E-state index in [0.717, 1.165) is 23.4 Å². The Morgan fingerprint density at radius 1 is 1.27 bits per heavy atom. The number of likely N-dealkylation sites (tertiary alicyclic amines) is 1. The second-order valence-electron chi connectivity index (χ2n) is 7.60. The van der Waals surface area contributed by atoms with Gasteiger partial charge in [-0.15, -0.1) is 0 Å². The Hall–Kier alpha value is -2.97. The SMILES string of the molecule is Nc1ncc2c(n1)C1(CCN(C(=O)c3cc(-n4cccn4)ccc3Cl)CC1)OCC2. The molecule has 1 aromatic carbocycles. The van der Waals surface area contributed by atoms with Crippen molar-refractivity contribution in [2.24, 2.45) is 0 Å². The molecular weight excluding hydrogens is 404 g/mol. The van der Waals surface area contributed by atoms with Gasteiger partial charge < -0.3 is 15.4 Å². The summed E-state index contributed by atoms with van der Waals surface area (Å²) in [6.45, 7) is 1.71. The normalized spacial score (nSPS) is 17.7. The fraction of sp³-hybridized carbons (Fsp3) is 0.333. The van der Waals surface area contributed by atoms with Crippen LogP contribution < -0.4 is 5.73 Å². The molecule has 1 amide bonds. The summed E-state index contributed by atoms with van der Waals surface area (Å²) in [6.07, 6.45) is 7.39. The number of aromatic nitrogens is 4. The van der Waals surface area contributed by atoms with Crippen molar-refractivity contribution in [3.63, 3.8) is 0 Å². The molecule has 2 N–H and O–H groups in total. The van der Waals surface area contributed by atoms with Crippen molar-refractivity contribution in [1.29, 1.82) is 0 Å². The molecule has 2 aliphatic heterocycles. The number of fused-ring (bicyclic) bond motifs is 2. The highest BCUT2D eigenvalue weighted by Crippen LogP contribution is 2.40. The molecule has 0 unspecified atom stereocenters. The Balaban J connectivity index is 1.38. The quantitative estimate of drug-likeness (QED) is 0.678. The van der Waals surface area contributed by atoms with Gasteiger partial charge in [0.15, 0.2) is 0 Å². The van der Waals surface area contributed by atoms with Gasteiger partial charge in [0.2, 0.25) is 5.95 Å². The topological polar surface area (TPSA) is 99.2 Å². The van der Waals surface area contributed by atoms with E-state index in [4.69, 9.17) is 22.1 Å². The van der Waals surface area contributed by atoms with Crippen molar-refractivity contribution in [3.05, 3.63) is 64.7 Å². The van der Waals surface area contributed by atoms with Gasteiger partial charge in [-0.3, -0.25) is 4.79 Å². The van der Waals surface area contributed by atoms with Gasteiger partial charge in [0.25, 0.3) is 5.91 Å². The summed E-state index contributed by atoms with van der Waals surface area (Å²) in [5.74, 6) is 0.154. The van der Waals surface area contributed by atoms with Crippen LogP contribution in [-0.2, 0) is 16.8 Å². The smallest absolute Gasteiger partial charge is 0.255 e. The molecular formula is C21H21ClN6O2. The number of amides is 1. The highest BCUT2D eigenvalue weighted by molar-refractivity contribution is 6.33. The van der Waals surface area contributed by atoms with Crippen LogP contribution in [0.1, 0.15) is 34.5 Å². The first-order valence-corrected chi connectivity index (χ1v) is 10.3. The Labute approximate surface area is 178 Å². The molecule has 1 fully saturated rings. The zero-order valence-corrected chi connectivity index (χ0v) is 17.0. The molecule has 0 aliphatic carbocycles. The fourth-order valence-corrected chi connectivity index (χ4v) is 4.48. The van der Waals surface area contributed by atoms with E-state index in [1.807, 2.05) is 23.2 Å². The van der Waals surface area contributed by atoms with Gasteiger partial charge in [0.05, 0.1) is 28.6 Å². The molecule has 3 aromatic rings. The number of nitrogens with two attached hydrogens (primary N) is 1. The minimum atomic E-state index is -0.512. The number of ether oxygens (including phenoxy) is 1. The first-order valence-electron chi connectivity index (χ1n) is 9.90. The Morgan fingerprint density at radius 2 is 2.10 bits per heavy atom. The Bertz CT molecular complexity index is 1090. The van der Waals surface area contributed by atoms with Gasteiger partial charge in [-0.1, -0.05) is 11.6 Å². The lowest BCUT2D eigenvalue weighted by Gasteiger charge is -2.44. The second-order valence-corrected chi connectivity index (χ2v) is 8.01. The first kappa shape index (κ1) is 19.0. The van der Waals surface area contributed by atoms with Crippen LogP contribution in [0.5, 0.6) is 0 Å². The number of carbonyl (C=O) groups excluding carboxylic acids is 1. The van der Waals surface area contributed by atoms with Crippen molar-refractivity contribution in [2.45, 2.75) is 24.9 Å². The van der Waals surface area contributed by atoms with Gasteiger partial charge in [0.1, 0.15) is 5.60 Å². The third-order valence-electron chi connectivity index (χ3n) is 5.87. The minimum Gasteiger partial charge on any atom is -0.368 e. The van der Waals surface area contributed by atoms with Crippen LogP contribution in [0.15, 0.2) is 42.9 Å². The summed E-state index contributed by atoms with van der Waals surface area (Å²) in [5, 5.41) is 4.65. The maximum atomic E-state index is 13.2. The van der Waals surface area contributed by atoms with Crippen LogP contribution in [0.3, 0.4) is 0 Å². The lowest BCUT2D eigenvalue weighted by atomic mass is 9.83. The van der Waals surface area contributed by atoms with Crippen molar-refractivity contribution in [3.8, 4) is 5.69 Å². The second kappa shape index (κ2) is 7.37. The molecule has 30 heavy (non-hydrogen) atoms. The van der Waals surface area contributed by atoms with Crippen molar-refractivity contribution >= 4 is 23.5 Å². The van der Waals surface area contributed by atoms with Crippen LogP contribution in [-0.4, -0.2) is 50.3 Å². The number of halogens is 1. The number of piperidine rings is 1. The van der Waals surface area contributed by atoms with E-state index in [0.29, 0.717) is 43.1 Å². The standard InChI is InChI=1S/C21H21ClN6O2/c22-17-3-2-15(28-8-1-7-25-28)12-16(17)19(29)27-9-5-21(6-10-27)18-14(4-11-30-21)13-24-20(23)26-18/h1-3,7-8,12-13H,4-6,9-11H2,(H2,23,24,26). The van der Waals surface area contributed by atoms with E-state index in [1.54, 1.807) is 29.2 Å². The molecule has 9 heteroatoms. The third kappa shape index (κ3) is 3.22. The van der Waals surface area contributed by atoms with E-state index in [2.05, 4.69) is 15.1 Å². The average Bonchev–Trinajstić information content (AvgIpc) is 3.30. The summed E-state index contributed by atoms with van der Waals surface area (Å²) in [4.78, 5) is 23.7. The summed E-state index contributed by atoms with van der Waals surface area (Å²) in [7, 11) is 0. The molecule has 0 radical (unpaired) electrons. The number of benzene rings is 1. The van der Waals surface area contributed by atoms with E-state index < -0.39 is 5.60 Å². The number of anilines is 1. The molecule has 8 nitrogen and oxygen atoms in total.